The minimum atomic E-state index is 0. The molecule has 2 rings (SSSR count). The zero-order valence-corrected chi connectivity index (χ0v) is 13.0. The number of allylic oxidation sites excluding steroid dienone is 2. The molecule has 0 bridgehead atoms. The van der Waals surface area contributed by atoms with E-state index >= 15 is 0 Å². The number of benzene rings is 1. The molecule has 1 aliphatic rings. The Labute approximate surface area is 130 Å². The minimum Gasteiger partial charge on any atom is -0.344 e. The summed E-state index contributed by atoms with van der Waals surface area (Å²) < 4.78 is 0. The van der Waals surface area contributed by atoms with Gasteiger partial charge in [0.05, 0.1) is 0 Å². The van der Waals surface area contributed by atoms with Crippen molar-refractivity contribution in [3.05, 3.63) is 46.5 Å². The van der Waals surface area contributed by atoms with Crippen molar-refractivity contribution in [1.29, 1.82) is 0 Å². The quantitative estimate of drug-likeness (QED) is 0.617. The van der Waals surface area contributed by atoms with Gasteiger partial charge in [-0.1, -0.05) is 29.3 Å². The molecular formula is C14H25ClN4O2. The number of carbonyl (C=O) groups is 2. The number of ketones is 2. The van der Waals surface area contributed by atoms with Gasteiger partial charge < -0.3 is 24.6 Å². The van der Waals surface area contributed by atoms with Gasteiger partial charge in [-0.3, -0.25) is 9.59 Å². The van der Waals surface area contributed by atoms with E-state index < -0.39 is 0 Å². The van der Waals surface area contributed by atoms with Crippen LogP contribution in [0.2, 0.25) is 5.02 Å². The molecule has 12 N–H and O–H groups in total. The minimum absolute atomic E-state index is 0. The summed E-state index contributed by atoms with van der Waals surface area (Å²) in [6.45, 7) is 0. The highest BCUT2D eigenvalue weighted by Crippen LogP contribution is 2.21. The summed E-state index contributed by atoms with van der Waals surface area (Å²) in [6, 6.07) is 7.28. The summed E-state index contributed by atoms with van der Waals surface area (Å²) in [4.78, 5) is 22.8. The van der Waals surface area contributed by atoms with Crippen LogP contribution in [0.1, 0.15) is 24.8 Å². The molecule has 6 nitrogen and oxygen atoms in total. The van der Waals surface area contributed by atoms with Gasteiger partial charge in [0.15, 0.2) is 5.78 Å². The fourth-order valence-electron chi connectivity index (χ4n) is 1.98. The van der Waals surface area contributed by atoms with E-state index in [1.165, 1.54) is 0 Å². The monoisotopic (exact) mass is 316 g/mol. The fourth-order valence-corrected chi connectivity index (χ4v) is 2.19. The molecule has 0 radical (unpaired) electrons. The third kappa shape index (κ3) is 7.69. The summed E-state index contributed by atoms with van der Waals surface area (Å²) in [6.07, 6.45) is 3.72. The molecule has 1 aromatic rings. The molecule has 7 heteroatoms. The summed E-state index contributed by atoms with van der Waals surface area (Å²) in [5.41, 5.74) is 1.87. The number of Topliss-reactive ketones (excluding diaryl/α,β-unsaturated/α-hetero) is 1. The van der Waals surface area contributed by atoms with E-state index in [9.17, 15) is 9.59 Å². The number of carbonyl (C=O) groups excluding carboxylic acids is 2. The Hall–Kier alpha value is -1.57. The van der Waals surface area contributed by atoms with Gasteiger partial charge in [0.2, 0.25) is 0 Å². The predicted molar refractivity (Wildman–Crippen MR) is 87.2 cm³/mol. The van der Waals surface area contributed by atoms with Crippen LogP contribution in [-0.4, -0.2) is 11.6 Å². The number of hydrogen-bond donors (Lipinski definition) is 4. The van der Waals surface area contributed by atoms with Crippen LogP contribution in [0.4, 0.5) is 0 Å². The first kappa shape index (κ1) is 24.4. The standard InChI is InChI=1S/C14H13ClO2.4H3N/c15-12-3-1-2-10(6-12)8-14(17)9-11-4-5-13(16)7-11;;;;/h1-3,6,9H,4-5,7-8H2;4*1H3/b11-9-;;;;. The van der Waals surface area contributed by atoms with Crippen LogP contribution in [-0.2, 0) is 16.0 Å². The van der Waals surface area contributed by atoms with Crippen LogP contribution in [0.15, 0.2) is 35.9 Å². The summed E-state index contributed by atoms with van der Waals surface area (Å²) in [5.74, 6) is 0.267. The third-order valence-corrected chi connectivity index (χ3v) is 3.02. The molecule has 0 aliphatic heterocycles. The molecule has 0 spiro atoms. The normalized spacial score (nSPS) is 14.3. The fraction of sp³-hybridized carbons (Fsp3) is 0.286. The van der Waals surface area contributed by atoms with E-state index in [-0.39, 0.29) is 36.2 Å². The van der Waals surface area contributed by atoms with Crippen LogP contribution in [0, 0.1) is 0 Å². The largest absolute Gasteiger partial charge is 0.344 e. The Bertz CT molecular complexity index is 504. The molecule has 0 amide bonds. The lowest BCUT2D eigenvalue weighted by Gasteiger charge is -1.99. The molecule has 1 aliphatic carbocycles. The molecule has 1 saturated carbocycles. The maximum atomic E-state index is 11.8. The molecule has 1 fully saturated rings. The van der Waals surface area contributed by atoms with Crippen LogP contribution in [0.25, 0.3) is 0 Å². The maximum absolute atomic E-state index is 11.8. The molecular weight excluding hydrogens is 292 g/mol. The van der Waals surface area contributed by atoms with Crippen molar-refractivity contribution >= 4 is 23.2 Å². The van der Waals surface area contributed by atoms with Gasteiger partial charge in [-0.2, -0.15) is 0 Å². The van der Waals surface area contributed by atoms with Crippen molar-refractivity contribution in [3.8, 4) is 0 Å². The molecule has 0 aromatic heterocycles. The van der Waals surface area contributed by atoms with E-state index in [4.69, 9.17) is 11.6 Å². The Morgan fingerprint density at radius 1 is 1.14 bits per heavy atom. The van der Waals surface area contributed by atoms with E-state index in [1.54, 1.807) is 18.2 Å². The molecule has 0 heterocycles. The molecule has 0 saturated heterocycles. The second-order valence-corrected chi connectivity index (χ2v) is 4.73. The molecule has 0 unspecified atom stereocenters. The lowest BCUT2D eigenvalue weighted by atomic mass is 10.1. The van der Waals surface area contributed by atoms with Crippen LogP contribution in [0.3, 0.4) is 0 Å². The van der Waals surface area contributed by atoms with Crippen molar-refractivity contribution in [1.82, 2.24) is 24.6 Å². The van der Waals surface area contributed by atoms with Gasteiger partial charge in [0.1, 0.15) is 5.78 Å². The summed E-state index contributed by atoms with van der Waals surface area (Å²) in [5, 5.41) is 0.638. The average molecular weight is 317 g/mol. The molecule has 1 aromatic carbocycles. The Kier molecular flexibility index (Phi) is 13.0. The van der Waals surface area contributed by atoms with E-state index in [1.807, 2.05) is 12.1 Å². The lowest BCUT2D eigenvalue weighted by molar-refractivity contribution is -0.117. The smallest absolute Gasteiger partial charge is 0.160 e. The maximum Gasteiger partial charge on any atom is 0.160 e. The highest BCUT2D eigenvalue weighted by atomic mass is 35.5. The van der Waals surface area contributed by atoms with Crippen LogP contribution in [0.5, 0.6) is 0 Å². The average Bonchev–Trinajstić information content (AvgIpc) is 2.63. The first-order chi connectivity index (χ1) is 8.13. The van der Waals surface area contributed by atoms with Crippen molar-refractivity contribution in [2.24, 2.45) is 0 Å². The van der Waals surface area contributed by atoms with Crippen molar-refractivity contribution < 1.29 is 9.59 Å². The zero-order chi connectivity index (χ0) is 12.3. The highest BCUT2D eigenvalue weighted by Gasteiger charge is 2.16. The predicted octanol–water partition coefficient (Wildman–Crippen LogP) is 3.78. The number of rotatable bonds is 3. The van der Waals surface area contributed by atoms with Gasteiger partial charge in [0.25, 0.3) is 0 Å². The first-order valence-electron chi connectivity index (χ1n) is 5.62. The second kappa shape index (κ2) is 11.1. The number of hydrogen-bond acceptors (Lipinski definition) is 6. The van der Waals surface area contributed by atoms with Gasteiger partial charge in [0, 0.05) is 24.3 Å². The highest BCUT2D eigenvalue weighted by molar-refractivity contribution is 6.30. The number of halogens is 1. The Balaban J connectivity index is -0.000000810. The van der Waals surface area contributed by atoms with Gasteiger partial charge >= 0.3 is 0 Å². The van der Waals surface area contributed by atoms with Gasteiger partial charge in [-0.15, -0.1) is 0 Å². The van der Waals surface area contributed by atoms with Crippen molar-refractivity contribution in [2.45, 2.75) is 25.7 Å². The molecule has 120 valence electrons. The summed E-state index contributed by atoms with van der Waals surface area (Å²) in [7, 11) is 0. The van der Waals surface area contributed by atoms with Gasteiger partial charge in [-0.25, -0.2) is 0 Å². The molecule has 21 heavy (non-hydrogen) atoms. The topological polar surface area (TPSA) is 174 Å². The van der Waals surface area contributed by atoms with Crippen molar-refractivity contribution in [3.63, 3.8) is 0 Å². The van der Waals surface area contributed by atoms with E-state index in [0.29, 0.717) is 24.3 Å². The van der Waals surface area contributed by atoms with Crippen LogP contribution < -0.4 is 24.6 Å². The molecule has 0 atom stereocenters. The van der Waals surface area contributed by atoms with E-state index in [0.717, 1.165) is 17.6 Å². The first-order valence-corrected chi connectivity index (χ1v) is 6.00. The van der Waals surface area contributed by atoms with Gasteiger partial charge in [-0.05, 0) is 30.2 Å². The Morgan fingerprint density at radius 2 is 1.81 bits per heavy atom. The lowest BCUT2D eigenvalue weighted by Crippen LogP contribution is -1.99. The second-order valence-electron chi connectivity index (χ2n) is 4.29. The Morgan fingerprint density at radius 3 is 2.33 bits per heavy atom. The van der Waals surface area contributed by atoms with Crippen molar-refractivity contribution in [2.75, 3.05) is 0 Å². The van der Waals surface area contributed by atoms with E-state index in [2.05, 4.69) is 0 Å². The SMILES string of the molecule is N.N.N.N.O=C(/C=C1/CCC(=O)C1)Cc1cccc(Cl)c1. The summed E-state index contributed by atoms with van der Waals surface area (Å²) >= 11 is 5.85. The zero-order valence-electron chi connectivity index (χ0n) is 12.2. The van der Waals surface area contributed by atoms with Crippen LogP contribution >= 0.6 is 11.6 Å². The third-order valence-electron chi connectivity index (χ3n) is 2.78.